The molecule has 19 heavy (non-hydrogen) atoms. The maximum atomic E-state index is 3.79. The molecule has 106 valence electrons. The van der Waals surface area contributed by atoms with Gasteiger partial charge in [-0.25, -0.2) is 0 Å². The molecule has 2 rings (SSSR count). The van der Waals surface area contributed by atoms with Crippen molar-refractivity contribution in [2.24, 2.45) is 0 Å². The zero-order chi connectivity index (χ0) is 13.3. The highest BCUT2D eigenvalue weighted by Crippen LogP contribution is 2.32. The lowest BCUT2D eigenvalue weighted by atomic mass is 9.96. The predicted octanol–water partition coefficient (Wildman–Crippen LogP) is 4.87. The Balaban J connectivity index is 1.98. The zero-order valence-corrected chi connectivity index (χ0v) is 12.9. The molecule has 0 amide bonds. The maximum Gasteiger partial charge on any atom is 0.0248 e. The summed E-state index contributed by atoms with van der Waals surface area (Å²) in [5.74, 6) is 0. The van der Waals surface area contributed by atoms with E-state index in [0.717, 1.165) is 11.8 Å². The first-order chi connectivity index (χ1) is 9.40. The third-order valence-electron chi connectivity index (χ3n) is 3.89. The van der Waals surface area contributed by atoms with E-state index in [1.165, 1.54) is 49.8 Å². The number of rotatable bonds is 5. The molecule has 2 atom stereocenters. The number of benzene rings is 1. The summed E-state index contributed by atoms with van der Waals surface area (Å²) in [7, 11) is 0. The van der Waals surface area contributed by atoms with Gasteiger partial charge in [0.25, 0.3) is 0 Å². The van der Waals surface area contributed by atoms with Crippen LogP contribution in [0.5, 0.6) is 0 Å². The second-order valence-electron chi connectivity index (χ2n) is 5.52. The van der Waals surface area contributed by atoms with Gasteiger partial charge in [0.15, 0.2) is 0 Å². The van der Waals surface area contributed by atoms with E-state index in [2.05, 4.69) is 54.3 Å². The molecule has 1 nitrogen and oxygen atoms in total. The SMILES string of the molecule is CCCNC1CCCCCCC1Sc1ccccc1. The average molecular weight is 277 g/mol. The summed E-state index contributed by atoms with van der Waals surface area (Å²) in [5, 5.41) is 4.53. The van der Waals surface area contributed by atoms with Crippen LogP contribution in [-0.2, 0) is 0 Å². The van der Waals surface area contributed by atoms with E-state index in [9.17, 15) is 0 Å². The summed E-state index contributed by atoms with van der Waals surface area (Å²) < 4.78 is 0. The first-order valence-electron chi connectivity index (χ1n) is 7.85. The van der Waals surface area contributed by atoms with Crippen LogP contribution >= 0.6 is 11.8 Å². The Kier molecular flexibility index (Phi) is 6.80. The molecule has 2 unspecified atom stereocenters. The van der Waals surface area contributed by atoms with E-state index in [0.29, 0.717) is 6.04 Å². The first kappa shape index (κ1) is 14.9. The lowest BCUT2D eigenvalue weighted by Crippen LogP contribution is -2.39. The van der Waals surface area contributed by atoms with Crippen molar-refractivity contribution >= 4 is 11.8 Å². The van der Waals surface area contributed by atoms with Gasteiger partial charge in [-0.2, -0.15) is 0 Å². The Morgan fingerprint density at radius 2 is 1.79 bits per heavy atom. The van der Waals surface area contributed by atoms with Crippen LogP contribution in [0.25, 0.3) is 0 Å². The van der Waals surface area contributed by atoms with Crippen molar-refractivity contribution in [2.45, 2.75) is 68.1 Å². The molecule has 1 aromatic carbocycles. The highest BCUT2D eigenvalue weighted by atomic mass is 32.2. The van der Waals surface area contributed by atoms with E-state index in [1.54, 1.807) is 0 Å². The lowest BCUT2D eigenvalue weighted by molar-refractivity contribution is 0.400. The van der Waals surface area contributed by atoms with Crippen LogP contribution in [0.2, 0.25) is 0 Å². The standard InChI is InChI=1S/C17H27NS/c1-2-14-18-16-12-8-3-4-9-13-17(16)19-15-10-6-5-7-11-15/h5-7,10-11,16-18H,2-4,8-9,12-14H2,1H3. The molecule has 0 radical (unpaired) electrons. The fraction of sp³-hybridized carbons (Fsp3) is 0.647. The van der Waals surface area contributed by atoms with E-state index in [-0.39, 0.29) is 0 Å². The summed E-state index contributed by atoms with van der Waals surface area (Å²) in [6, 6.07) is 11.6. The minimum absolute atomic E-state index is 0.699. The van der Waals surface area contributed by atoms with Crippen molar-refractivity contribution in [3.05, 3.63) is 30.3 Å². The molecule has 1 aliphatic rings. The van der Waals surface area contributed by atoms with Gasteiger partial charge in [0, 0.05) is 16.2 Å². The molecule has 1 aliphatic carbocycles. The largest absolute Gasteiger partial charge is 0.313 e. The Labute approximate surface area is 122 Å². The van der Waals surface area contributed by atoms with Gasteiger partial charge in [-0.15, -0.1) is 11.8 Å². The monoisotopic (exact) mass is 277 g/mol. The molecule has 1 N–H and O–H groups in total. The maximum absolute atomic E-state index is 3.79. The van der Waals surface area contributed by atoms with E-state index >= 15 is 0 Å². The molecule has 1 fully saturated rings. The summed E-state index contributed by atoms with van der Waals surface area (Å²) in [5.41, 5.74) is 0. The fourth-order valence-corrected chi connectivity index (χ4v) is 4.17. The van der Waals surface area contributed by atoms with Crippen LogP contribution in [0.1, 0.15) is 51.9 Å². The molecule has 0 spiro atoms. The summed E-state index contributed by atoms with van der Waals surface area (Å²) in [4.78, 5) is 1.43. The van der Waals surface area contributed by atoms with Crippen LogP contribution in [0.15, 0.2) is 35.2 Å². The minimum Gasteiger partial charge on any atom is -0.313 e. The molecular weight excluding hydrogens is 250 g/mol. The van der Waals surface area contributed by atoms with Crippen LogP contribution in [0.4, 0.5) is 0 Å². The quantitative estimate of drug-likeness (QED) is 0.824. The van der Waals surface area contributed by atoms with Crippen LogP contribution in [0.3, 0.4) is 0 Å². The normalized spacial score (nSPS) is 24.7. The third kappa shape index (κ3) is 5.19. The van der Waals surface area contributed by atoms with Crippen LogP contribution < -0.4 is 5.32 Å². The van der Waals surface area contributed by atoms with Crippen molar-refractivity contribution in [1.29, 1.82) is 0 Å². The van der Waals surface area contributed by atoms with E-state index in [1.807, 2.05) is 0 Å². The minimum atomic E-state index is 0.699. The van der Waals surface area contributed by atoms with E-state index < -0.39 is 0 Å². The molecule has 1 aromatic rings. The number of hydrogen-bond acceptors (Lipinski definition) is 2. The van der Waals surface area contributed by atoms with Gasteiger partial charge >= 0.3 is 0 Å². The van der Waals surface area contributed by atoms with Gasteiger partial charge in [0.05, 0.1) is 0 Å². The summed E-state index contributed by atoms with van der Waals surface area (Å²) >= 11 is 2.08. The zero-order valence-electron chi connectivity index (χ0n) is 12.1. The lowest BCUT2D eigenvalue weighted by Gasteiger charge is -2.30. The molecule has 0 heterocycles. The molecular formula is C17H27NS. The smallest absolute Gasteiger partial charge is 0.0248 e. The third-order valence-corrected chi connectivity index (χ3v) is 5.30. The van der Waals surface area contributed by atoms with Gasteiger partial charge in [-0.05, 0) is 37.9 Å². The molecule has 2 heteroatoms. The molecule has 0 bridgehead atoms. The molecule has 0 aliphatic heterocycles. The highest BCUT2D eigenvalue weighted by Gasteiger charge is 2.23. The summed E-state index contributed by atoms with van der Waals surface area (Å²) in [6.07, 6.45) is 9.59. The number of thioether (sulfide) groups is 1. The van der Waals surface area contributed by atoms with Gasteiger partial charge in [-0.3, -0.25) is 0 Å². The highest BCUT2D eigenvalue weighted by molar-refractivity contribution is 8.00. The fourth-order valence-electron chi connectivity index (χ4n) is 2.83. The van der Waals surface area contributed by atoms with Crippen LogP contribution in [0, 0.1) is 0 Å². The van der Waals surface area contributed by atoms with Gasteiger partial charge in [-0.1, -0.05) is 50.8 Å². The topological polar surface area (TPSA) is 12.0 Å². The Bertz CT molecular complexity index is 336. The number of nitrogens with one attached hydrogen (secondary N) is 1. The average Bonchev–Trinajstić information content (AvgIpc) is 2.43. The van der Waals surface area contributed by atoms with Crippen LogP contribution in [-0.4, -0.2) is 17.8 Å². The molecule has 0 aromatic heterocycles. The second-order valence-corrected chi connectivity index (χ2v) is 6.83. The second kappa shape index (κ2) is 8.65. The van der Waals surface area contributed by atoms with E-state index in [4.69, 9.17) is 0 Å². The molecule has 1 saturated carbocycles. The van der Waals surface area contributed by atoms with Crippen molar-refractivity contribution < 1.29 is 0 Å². The Hall–Kier alpha value is -0.470. The first-order valence-corrected chi connectivity index (χ1v) is 8.73. The Morgan fingerprint density at radius 3 is 2.53 bits per heavy atom. The van der Waals surface area contributed by atoms with Crippen molar-refractivity contribution in [1.82, 2.24) is 5.32 Å². The van der Waals surface area contributed by atoms with Crippen molar-refractivity contribution in [2.75, 3.05) is 6.54 Å². The molecule has 0 saturated heterocycles. The Morgan fingerprint density at radius 1 is 1.05 bits per heavy atom. The van der Waals surface area contributed by atoms with Gasteiger partial charge < -0.3 is 5.32 Å². The van der Waals surface area contributed by atoms with Crippen molar-refractivity contribution in [3.63, 3.8) is 0 Å². The van der Waals surface area contributed by atoms with Gasteiger partial charge in [0.2, 0.25) is 0 Å². The summed E-state index contributed by atoms with van der Waals surface area (Å²) in [6.45, 7) is 3.42. The van der Waals surface area contributed by atoms with Crippen molar-refractivity contribution in [3.8, 4) is 0 Å². The predicted molar refractivity (Wildman–Crippen MR) is 85.9 cm³/mol. The van der Waals surface area contributed by atoms with Gasteiger partial charge in [0.1, 0.15) is 0 Å². The number of hydrogen-bond donors (Lipinski definition) is 1.